The van der Waals surface area contributed by atoms with Crippen LogP contribution in [0.5, 0.6) is 11.5 Å². The van der Waals surface area contributed by atoms with Crippen molar-refractivity contribution in [1.82, 2.24) is 0 Å². The molecule has 1 N–H and O–H groups in total. The first-order valence-corrected chi connectivity index (χ1v) is 12.0. The van der Waals surface area contributed by atoms with Crippen molar-refractivity contribution in [3.05, 3.63) is 77.9 Å². The number of phenolic OH excluding ortho intramolecular Hbond substituents is 1. The molecule has 3 nitrogen and oxygen atoms in total. The Morgan fingerprint density at radius 1 is 0.966 bits per heavy atom. The van der Waals surface area contributed by atoms with Crippen LogP contribution in [0.4, 0.5) is 0 Å². The third kappa shape index (κ3) is 3.38. The molecule has 0 bridgehead atoms. The molecule has 0 saturated carbocycles. The SMILES string of the molecule is CCCC(C)c1ccc(O)c(C(C)P2(=O)Oc3ccccc3-c3ccccc32)c1. The second-order valence-electron chi connectivity index (χ2n) is 7.89. The Hall–Kier alpha value is -2.51. The minimum Gasteiger partial charge on any atom is -0.508 e. The molecule has 29 heavy (non-hydrogen) atoms. The molecule has 0 amide bonds. The minimum atomic E-state index is -3.30. The summed E-state index contributed by atoms with van der Waals surface area (Å²) in [6.45, 7) is 6.26. The smallest absolute Gasteiger partial charge is 0.285 e. The first-order chi connectivity index (χ1) is 14.0. The van der Waals surface area contributed by atoms with E-state index in [9.17, 15) is 9.67 Å². The number of hydrogen-bond donors (Lipinski definition) is 1. The largest absolute Gasteiger partial charge is 0.508 e. The van der Waals surface area contributed by atoms with Gasteiger partial charge in [-0.05, 0) is 48.6 Å². The summed E-state index contributed by atoms with van der Waals surface area (Å²) >= 11 is 0. The highest BCUT2D eigenvalue weighted by Crippen LogP contribution is 2.64. The fourth-order valence-electron chi connectivity index (χ4n) is 4.22. The second kappa shape index (κ2) is 7.72. The zero-order valence-electron chi connectivity index (χ0n) is 17.1. The first-order valence-electron chi connectivity index (χ1n) is 10.3. The Morgan fingerprint density at radius 2 is 1.66 bits per heavy atom. The van der Waals surface area contributed by atoms with Gasteiger partial charge in [0.2, 0.25) is 0 Å². The summed E-state index contributed by atoms with van der Waals surface area (Å²) in [4.78, 5) is 0. The normalized spacial score (nSPS) is 19.6. The molecule has 0 fully saturated rings. The number of hydrogen-bond acceptors (Lipinski definition) is 3. The average Bonchev–Trinajstić information content (AvgIpc) is 2.74. The number of fused-ring (bicyclic) bond motifs is 3. The lowest BCUT2D eigenvalue weighted by molar-refractivity contribution is 0.457. The van der Waals surface area contributed by atoms with Crippen LogP contribution in [0.15, 0.2) is 66.7 Å². The van der Waals surface area contributed by atoms with E-state index >= 15 is 0 Å². The number of para-hydroxylation sites is 1. The number of benzene rings is 3. The van der Waals surface area contributed by atoms with Crippen LogP contribution in [0.1, 0.15) is 56.3 Å². The van der Waals surface area contributed by atoms with Crippen LogP contribution in [0.2, 0.25) is 0 Å². The third-order valence-electron chi connectivity index (χ3n) is 5.95. The van der Waals surface area contributed by atoms with Crippen molar-refractivity contribution in [2.75, 3.05) is 0 Å². The van der Waals surface area contributed by atoms with Gasteiger partial charge in [0.15, 0.2) is 0 Å². The van der Waals surface area contributed by atoms with Crippen molar-refractivity contribution in [3.8, 4) is 22.6 Å². The quantitative estimate of drug-likeness (QED) is 0.463. The molecule has 0 aromatic heterocycles. The zero-order chi connectivity index (χ0) is 20.6. The molecule has 0 radical (unpaired) electrons. The Kier molecular flexibility index (Phi) is 5.27. The lowest BCUT2D eigenvalue weighted by Gasteiger charge is -2.33. The van der Waals surface area contributed by atoms with Crippen molar-refractivity contribution >= 4 is 12.7 Å². The highest BCUT2D eigenvalue weighted by molar-refractivity contribution is 7.68. The molecular formula is C25H27O3P. The van der Waals surface area contributed by atoms with Crippen molar-refractivity contribution < 1.29 is 14.2 Å². The van der Waals surface area contributed by atoms with Gasteiger partial charge in [-0.15, -0.1) is 0 Å². The summed E-state index contributed by atoms with van der Waals surface area (Å²) in [6, 6.07) is 21.2. The molecule has 1 aliphatic rings. The molecule has 0 aliphatic carbocycles. The maximum atomic E-state index is 14.3. The first kappa shape index (κ1) is 19.8. The molecule has 3 aromatic rings. The third-order valence-corrected chi connectivity index (χ3v) is 8.78. The number of phenols is 1. The molecule has 1 heterocycles. The topological polar surface area (TPSA) is 46.5 Å². The summed E-state index contributed by atoms with van der Waals surface area (Å²) in [5, 5.41) is 11.3. The summed E-state index contributed by atoms with van der Waals surface area (Å²) < 4.78 is 20.6. The lowest BCUT2D eigenvalue weighted by Crippen LogP contribution is -2.21. The van der Waals surface area contributed by atoms with Gasteiger partial charge >= 0.3 is 0 Å². The number of aromatic hydroxyl groups is 1. The van der Waals surface area contributed by atoms with Gasteiger partial charge in [0.1, 0.15) is 11.5 Å². The van der Waals surface area contributed by atoms with Gasteiger partial charge in [0.25, 0.3) is 7.37 Å². The molecule has 3 unspecified atom stereocenters. The van der Waals surface area contributed by atoms with Crippen molar-refractivity contribution in [2.45, 2.75) is 45.2 Å². The molecule has 0 saturated heterocycles. The highest BCUT2D eigenvalue weighted by atomic mass is 31.2. The molecular weight excluding hydrogens is 379 g/mol. The highest BCUT2D eigenvalue weighted by Gasteiger charge is 2.42. The van der Waals surface area contributed by atoms with Gasteiger partial charge in [-0.2, -0.15) is 0 Å². The van der Waals surface area contributed by atoms with Crippen LogP contribution in [0.3, 0.4) is 0 Å². The Bertz CT molecular complexity index is 1090. The van der Waals surface area contributed by atoms with E-state index in [0.29, 0.717) is 17.2 Å². The van der Waals surface area contributed by atoms with E-state index in [0.717, 1.165) is 34.8 Å². The Labute approximate surface area is 172 Å². The molecule has 3 aromatic carbocycles. The summed E-state index contributed by atoms with van der Waals surface area (Å²) in [6.07, 6.45) is 2.17. The van der Waals surface area contributed by atoms with Gasteiger partial charge in [0, 0.05) is 11.1 Å². The molecule has 4 rings (SSSR count). The Morgan fingerprint density at radius 3 is 2.41 bits per heavy atom. The fourth-order valence-corrected chi connectivity index (χ4v) is 6.74. The maximum Gasteiger partial charge on any atom is 0.285 e. The monoisotopic (exact) mass is 406 g/mol. The van der Waals surface area contributed by atoms with Crippen LogP contribution >= 0.6 is 7.37 Å². The molecule has 1 aliphatic heterocycles. The van der Waals surface area contributed by atoms with E-state index in [1.807, 2.05) is 67.6 Å². The van der Waals surface area contributed by atoms with Gasteiger partial charge in [-0.25, -0.2) is 0 Å². The van der Waals surface area contributed by atoms with E-state index in [-0.39, 0.29) is 5.75 Å². The molecule has 150 valence electrons. The lowest BCUT2D eigenvalue weighted by atomic mass is 9.94. The van der Waals surface area contributed by atoms with E-state index in [1.54, 1.807) is 6.07 Å². The molecule has 4 heteroatoms. The number of rotatable bonds is 5. The van der Waals surface area contributed by atoms with Crippen molar-refractivity contribution in [1.29, 1.82) is 0 Å². The summed E-state index contributed by atoms with van der Waals surface area (Å²) in [5.41, 5.74) is 3.27. The minimum absolute atomic E-state index is 0.167. The van der Waals surface area contributed by atoms with E-state index in [4.69, 9.17) is 4.52 Å². The van der Waals surface area contributed by atoms with Gasteiger partial charge in [-0.1, -0.05) is 68.8 Å². The van der Waals surface area contributed by atoms with Crippen LogP contribution in [-0.4, -0.2) is 5.11 Å². The fraction of sp³-hybridized carbons (Fsp3) is 0.280. The average molecular weight is 406 g/mol. The van der Waals surface area contributed by atoms with Gasteiger partial charge < -0.3 is 9.63 Å². The van der Waals surface area contributed by atoms with E-state index in [1.165, 1.54) is 0 Å². The van der Waals surface area contributed by atoms with Crippen LogP contribution in [0, 0.1) is 0 Å². The van der Waals surface area contributed by atoms with Crippen LogP contribution in [-0.2, 0) is 4.57 Å². The standard InChI is InChI=1S/C25H27O3P/c1-4-9-17(2)19-14-15-23(26)22(16-19)18(3)29(27)25-13-8-6-11-21(25)20-10-5-7-12-24(20)28-29/h5-8,10-18,26H,4,9H2,1-3H3. The van der Waals surface area contributed by atoms with Gasteiger partial charge in [0.05, 0.1) is 11.0 Å². The van der Waals surface area contributed by atoms with Crippen molar-refractivity contribution in [2.24, 2.45) is 0 Å². The maximum absolute atomic E-state index is 14.3. The predicted molar refractivity (Wildman–Crippen MR) is 120 cm³/mol. The van der Waals surface area contributed by atoms with Crippen LogP contribution < -0.4 is 9.83 Å². The van der Waals surface area contributed by atoms with Crippen molar-refractivity contribution in [3.63, 3.8) is 0 Å². The van der Waals surface area contributed by atoms with Gasteiger partial charge in [-0.3, -0.25) is 4.57 Å². The summed E-state index contributed by atoms with van der Waals surface area (Å²) in [5.74, 6) is 1.18. The van der Waals surface area contributed by atoms with Crippen LogP contribution in [0.25, 0.3) is 11.1 Å². The summed E-state index contributed by atoms with van der Waals surface area (Å²) in [7, 11) is -3.30. The zero-order valence-corrected chi connectivity index (χ0v) is 18.0. The molecule has 3 atom stereocenters. The predicted octanol–water partition coefficient (Wildman–Crippen LogP) is 7.02. The molecule has 0 spiro atoms. The van der Waals surface area contributed by atoms with E-state index < -0.39 is 13.0 Å². The van der Waals surface area contributed by atoms with E-state index in [2.05, 4.69) is 13.8 Å². The Balaban J connectivity index is 1.83. The second-order valence-corrected chi connectivity index (χ2v) is 10.5.